The van der Waals surface area contributed by atoms with Gasteiger partial charge in [0.05, 0.1) is 6.61 Å². The Balaban J connectivity index is 2.44. The molecule has 1 aromatic carbocycles. The normalized spacial score (nSPS) is 9.50. The van der Waals surface area contributed by atoms with Crippen LogP contribution in [-0.2, 0) is 0 Å². The number of nitrogens with two attached hydrogens (primary N) is 1. The maximum Gasteiger partial charge on any atom is 0.319 e. The number of carbonyl (C=O) groups excluding carboxylic acids is 1. The molecule has 0 atom stereocenters. The molecule has 14 heavy (non-hydrogen) atoms. The van der Waals surface area contributed by atoms with Crippen LogP contribution in [0.5, 0.6) is 0 Å². The number of nitrogens with one attached hydrogen (secondary N) is 2. The lowest BCUT2D eigenvalue weighted by Gasteiger charge is -2.06. The summed E-state index contributed by atoms with van der Waals surface area (Å²) in [7, 11) is 0. The molecule has 0 aliphatic rings. The molecule has 0 saturated carbocycles. The third-order valence-electron chi connectivity index (χ3n) is 1.57. The average molecular weight is 195 g/mol. The van der Waals surface area contributed by atoms with Crippen molar-refractivity contribution in [2.24, 2.45) is 0 Å². The molecular weight excluding hydrogens is 182 g/mol. The van der Waals surface area contributed by atoms with Crippen LogP contribution in [0.15, 0.2) is 24.3 Å². The Bertz CT molecular complexity index is 297. The standard InChI is InChI=1S/C9H13N3O2/c10-7-1-3-8(4-2-7)12-9(14)11-5-6-13/h1-4,13H,5-6,10H2,(H2,11,12,14). The quantitative estimate of drug-likeness (QED) is 0.526. The van der Waals surface area contributed by atoms with Crippen molar-refractivity contribution >= 4 is 17.4 Å². The van der Waals surface area contributed by atoms with Gasteiger partial charge in [0.15, 0.2) is 0 Å². The topological polar surface area (TPSA) is 87.4 Å². The van der Waals surface area contributed by atoms with Gasteiger partial charge in [-0.2, -0.15) is 0 Å². The molecule has 76 valence electrons. The molecule has 0 aromatic heterocycles. The number of anilines is 2. The molecule has 0 radical (unpaired) electrons. The number of nitrogen functional groups attached to an aromatic ring is 1. The van der Waals surface area contributed by atoms with Crippen LogP contribution < -0.4 is 16.4 Å². The Hall–Kier alpha value is -1.75. The van der Waals surface area contributed by atoms with E-state index in [0.29, 0.717) is 11.4 Å². The predicted octanol–water partition coefficient (Wildman–Crippen LogP) is 0.383. The number of aliphatic hydroxyl groups is 1. The van der Waals surface area contributed by atoms with Gasteiger partial charge in [-0.25, -0.2) is 4.79 Å². The van der Waals surface area contributed by atoms with Gasteiger partial charge in [0.25, 0.3) is 0 Å². The summed E-state index contributed by atoms with van der Waals surface area (Å²) in [5.74, 6) is 0. The first-order valence-corrected chi connectivity index (χ1v) is 4.23. The number of urea groups is 1. The Morgan fingerprint density at radius 3 is 2.57 bits per heavy atom. The highest BCUT2D eigenvalue weighted by Crippen LogP contribution is 2.09. The van der Waals surface area contributed by atoms with E-state index in [1.54, 1.807) is 24.3 Å². The van der Waals surface area contributed by atoms with Gasteiger partial charge in [0.2, 0.25) is 0 Å². The van der Waals surface area contributed by atoms with Gasteiger partial charge in [0.1, 0.15) is 0 Å². The fraction of sp³-hybridized carbons (Fsp3) is 0.222. The molecule has 0 unspecified atom stereocenters. The maximum atomic E-state index is 11.1. The summed E-state index contributed by atoms with van der Waals surface area (Å²) < 4.78 is 0. The van der Waals surface area contributed by atoms with Gasteiger partial charge < -0.3 is 21.5 Å². The second kappa shape index (κ2) is 5.08. The molecule has 5 N–H and O–H groups in total. The summed E-state index contributed by atoms with van der Waals surface area (Å²) >= 11 is 0. The first-order chi connectivity index (χ1) is 6.72. The summed E-state index contributed by atoms with van der Waals surface area (Å²) in [6.07, 6.45) is 0. The molecule has 0 heterocycles. The van der Waals surface area contributed by atoms with E-state index in [1.165, 1.54) is 0 Å². The Morgan fingerprint density at radius 1 is 1.36 bits per heavy atom. The van der Waals surface area contributed by atoms with E-state index in [1.807, 2.05) is 0 Å². The van der Waals surface area contributed by atoms with Crippen molar-refractivity contribution in [3.8, 4) is 0 Å². The molecule has 0 aliphatic carbocycles. The van der Waals surface area contributed by atoms with Crippen molar-refractivity contribution in [3.05, 3.63) is 24.3 Å². The van der Waals surface area contributed by atoms with E-state index in [2.05, 4.69) is 10.6 Å². The van der Waals surface area contributed by atoms with Crippen LogP contribution >= 0.6 is 0 Å². The molecule has 0 bridgehead atoms. The number of aliphatic hydroxyl groups excluding tert-OH is 1. The Kier molecular flexibility index (Phi) is 3.75. The molecular formula is C9H13N3O2. The number of amides is 2. The van der Waals surface area contributed by atoms with Crippen LogP contribution in [0.4, 0.5) is 16.2 Å². The van der Waals surface area contributed by atoms with E-state index in [4.69, 9.17) is 10.8 Å². The zero-order valence-electron chi connectivity index (χ0n) is 7.66. The summed E-state index contributed by atoms with van der Waals surface area (Å²) in [5, 5.41) is 13.5. The van der Waals surface area contributed by atoms with Crippen molar-refractivity contribution in [1.29, 1.82) is 0 Å². The van der Waals surface area contributed by atoms with Crippen molar-refractivity contribution in [3.63, 3.8) is 0 Å². The highest BCUT2D eigenvalue weighted by Gasteiger charge is 1.99. The van der Waals surface area contributed by atoms with Crippen molar-refractivity contribution < 1.29 is 9.90 Å². The van der Waals surface area contributed by atoms with E-state index in [-0.39, 0.29) is 19.2 Å². The van der Waals surface area contributed by atoms with Gasteiger partial charge in [-0.3, -0.25) is 0 Å². The molecule has 0 aliphatic heterocycles. The fourth-order valence-electron chi connectivity index (χ4n) is 0.911. The van der Waals surface area contributed by atoms with Gasteiger partial charge in [-0.15, -0.1) is 0 Å². The largest absolute Gasteiger partial charge is 0.399 e. The first-order valence-electron chi connectivity index (χ1n) is 4.23. The second-order valence-corrected chi connectivity index (χ2v) is 2.73. The molecule has 1 aromatic rings. The summed E-state index contributed by atoms with van der Waals surface area (Å²) in [5.41, 5.74) is 6.78. The minimum absolute atomic E-state index is 0.0742. The third-order valence-corrected chi connectivity index (χ3v) is 1.57. The maximum absolute atomic E-state index is 11.1. The van der Waals surface area contributed by atoms with Gasteiger partial charge in [-0.1, -0.05) is 0 Å². The van der Waals surface area contributed by atoms with Crippen LogP contribution in [0.25, 0.3) is 0 Å². The van der Waals surface area contributed by atoms with E-state index >= 15 is 0 Å². The lowest BCUT2D eigenvalue weighted by molar-refractivity contribution is 0.245. The summed E-state index contributed by atoms with van der Waals surface area (Å²) in [6.45, 7) is 0.163. The van der Waals surface area contributed by atoms with Gasteiger partial charge in [0, 0.05) is 17.9 Å². The Labute approximate surface area is 81.9 Å². The second-order valence-electron chi connectivity index (χ2n) is 2.73. The van der Waals surface area contributed by atoms with Crippen LogP contribution in [0.3, 0.4) is 0 Å². The van der Waals surface area contributed by atoms with E-state index in [9.17, 15) is 4.79 Å². The molecule has 1 rings (SSSR count). The van der Waals surface area contributed by atoms with Crippen LogP contribution in [-0.4, -0.2) is 24.3 Å². The zero-order chi connectivity index (χ0) is 10.4. The molecule has 5 nitrogen and oxygen atoms in total. The monoisotopic (exact) mass is 195 g/mol. The highest BCUT2D eigenvalue weighted by molar-refractivity contribution is 5.89. The van der Waals surface area contributed by atoms with Gasteiger partial charge >= 0.3 is 6.03 Å². The van der Waals surface area contributed by atoms with E-state index in [0.717, 1.165) is 0 Å². The van der Waals surface area contributed by atoms with Crippen molar-refractivity contribution in [2.75, 3.05) is 24.2 Å². The van der Waals surface area contributed by atoms with Crippen molar-refractivity contribution in [1.82, 2.24) is 5.32 Å². The van der Waals surface area contributed by atoms with Crippen molar-refractivity contribution in [2.45, 2.75) is 0 Å². The van der Waals surface area contributed by atoms with Gasteiger partial charge in [-0.05, 0) is 24.3 Å². The Morgan fingerprint density at radius 2 is 2.00 bits per heavy atom. The number of rotatable bonds is 3. The molecule has 2 amide bonds. The molecule has 5 heteroatoms. The lowest BCUT2D eigenvalue weighted by atomic mass is 10.3. The predicted molar refractivity (Wildman–Crippen MR) is 55.0 cm³/mol. The van der Waals surface area contributed by atoms with Crippen LogP contribution in [0, 0.1) is 0 Å². The SMILES string of the molecule is Nc1ccc(NC(=O)NCCO)cc1. The average Bonchev–Trinajstić information content (AvgIpc) is 2.18. The smallest absolute Gasteiger partial charge is 0.319 e. The fourth-order valence-corrected chi connectivity index (χ4v) is 0.911. The lowest BCUT2D eigenvalue weighted by Crippen LogP contribution is -2.30. The molecule has 0 saturated heterocycles. The summed E-state index contributed by atoms with van der Waals surface area (Å²) in [6, 6.07) is 6.45. The molecule has 0 fully saturated rings. The minimum atomic E-state index is -0.344. The number of benzene rings is 1. The number of hydrogen-bond donors (Lipinski definition) is 4. The summed E-state index contributed by atoms with van der Waals surface area (Å²) in [4.78, 5) is 11.1. The first kappa shape index (κ1) is 10.3. The number of hydrogen-bond acceptors (Lipinski definition) is 3. The number of carbonyl (C=O) groups is 1. The molecule has 0 spiro atoms. The van der Waals surface area contributed by atoms with Crippen LogP contribution in [0.1, 0.15) is 0 Å². The third kappa shape index (κ3) is 3.32. The zero-order valence-corrected chi connectivity index (χ0v) is 7.66. The highest BCUT2D eigenvalue weighted by atomic mass is 16.3. The minimum Gasteiger partial charge on any atom is -0.399 e. The van der Waals surface area contributed by atoms with Crippen LogP contribution in [0.2, 0.25) is 0 Å². The van der Waals surface area contributed by atoms with E-state index < -0.39 is 0 Å².